The number of rotatable bonds is 2. The van der Waals surface area contributed by atoms with Crippen molar-refractivity contribution in [3.05, 3.63) is 11.7 Å². The van der Waals surface area contributed by atoms with Gasteiger partial charge in [-0.05, 0) is 38.6 Å². The van der Waals surface area contributed by atoms with Crippen molar-refractivity contribution >= 4 is 0 Å². The largest absolute Gasteiger partial charge is 0.339 e. The predicted molar refractivity (Wildman–Crippen MR) is 66.0 cm³/mol. The molecule has 2 unspecified atom stereocenters. The highest BCUT2D eigenvalue weighted by atomic mass is 16.5. The Labute approximate surface area is 107 Å². The van der Waals surface area contributed by atoms with Crippen molar-refractivity contribution < 1.29 is 4.52 Å². The second kappa shape index (κ2) is 3.78. The lowest BCUT2D eigenvalue weighted by molar-refractivity contribution is 0.151. The first-order valence-electron chi connectivity index (χ1n) is 7.14. The first kappa shape index (κ1) is 10.9. The van der Waals surface area contributed by atoms with Crippen LogP contribution in [-0.2, 0) is 5.54 Å². The van der Waals surface area contributed by atoms with E-state index in [0.717, 1.165) is 24.7 Å². The molecule has 3 fully saturated rings. The van der Waals surface area contributed by atoms with Gasteiger partial charge in [0.1, 0.15) is 0 Å². The summed E-state index contributed by atoms with van der Waals surface area (Å²) in [5, 5.41) is 4.18. The summed E-state index contributed by atoms with van der Waals surface area (Å²) >= 11 is 0. The summed E-state index contributed by atoms with van der Waals surface area (Å²) < 4.78 is 5.39. The second-order valence-corrected chi connectivity index (χ2v) is 6.07. The van der Waals surface area contributed by atoms with Gasteiger partial charge in [0.15, 0.2) is 5.82 Å². The van der Waals surface area contributed by atoms with Gasteiger partial charge in [0, 0.05) is 18.5 Å². The molecule has 3 aliphatic rings. The number of nitrogens with two attached hydrogens (primary N) is 1. The van der Waals surface area contributed by atoms with Crippen LogP contribution in [0.5, 0.6) is 0 Å². The van der Waals surface area contributed by atoms with Crippen LogP contribution in [0.1, 0.15) is 56.2 Å². The molecule has 2 N–H and O–H groups in total. The third-order valence-electron chi connectivity index (χ3n) is 4.81. The highest BCUT2D eigenvalue weighted by Crippen LogP contribution is 2.42. The molecule has 98 valence electrons. The molecule has 1 aromatic rings. The van der Waals surface area contributed by atoms with E-state index in [-0.39, 0.29) is 5.54 Å². The average Bonchev–Trinajstić information content (AvgIpc) is 3.02. The van der Waals surface area contributed by atoms with E-state index in [0.29, 0.717) is 12.0 Å². The van der Waals surface area contributed by atoms with Crippen molar-refractivity contribution in [2.75, 3.05) is 13.1 Å². The first-order valence-corrected chi connectivity index (χ1v) is 7.14. The van der Waals surface area contributed by atoms with Crippen molar-refractivity contribution in [1.82, 2.24) is 15.0 Å². The summed E-state index contributed by atoms with van der Waals surface area (Å²) in [4.78, 5) is 7.10. The smallest absolute Gasteiger partial charge is 0.229 e. The average molecular weight is 248 g/mol. The van der Waals surface area contributed by atoms with Gasteiger partial charge in [-0.2, -0.15) is 4.98 Å². The molecular formula is C13H20N4O. The fourth-order valence-electron chi connectivity index (χ4n) is 3.52. The third kappa shape index (κ3) is 1.53. The van der Waals surface area contributed by atoms with Crippen LogP contribution < -0.4 is 5.73 Å². The van der Waals surface area contributed by atoms with Crippen molar-refractivity contribution in [3.8, 4) is 0 Å². The van der Waals surface area contributed by atoms with Crippen molar-refractivity contribution in [2.45, 2.75) is 56.0 Å². The Morgan fingerprint density at radius 1 is 1.22 bits per heavy atom. The third-order valence-corrected chi connectivity index (χ3v) is 4.81. The molecule has 0 aromatic carbocycles. The predicted octanol–water partition coefficient (Wildman–Crippen LogP) is 1.36. The number of piperidine rings is 1. The Bertz CT molecular complexity index is 456. The maximum absolute atomic E-state index is 6.64. The van der Waals surface area contributed by atoms with Gasteiger partial charge in [0.25, 0.3) is 0 Å². The summed E-state index contributed by atoms with van der Waals surface area (Å²) in [5.41, 5.74) is 6.26. The fourth-order valence-corrected chi connectivity index (χ4v) is 3.52. The van der Waals surface area contributed by atoms with Gasteiger partial charge >= 0.3 is 0 Å². The van der Waals surface area contributed by atoms with Crippen LogP contribution in [0.3, 0.4) is 0 Å². The molecule has 3 heterocycles. The molecule has 0 radical (unpaired) electrons. The van der Waals surface area contributed by atoms with Crippen LogP contribution in [0.25, 0.3) is 0 Å². The first-order chi connectivity index (χ1) is 8.77. The molecule has 5 heteroatoms. The van der Waals surface area contributed by atoms with E-state index in [1.165, 1.54) is 38.6 Å². The van der Waals surface area contributed by atoms with Crippen LogP contribution in [0, 0.1) is 0 Å². The summed E-state index contributed by atoms with van der Waals surface area (Å²) in [6.45, 7) is 2.26. The zero-order valence-corrected chi connectivity index (χ0v) is 10.6. The van der Waals surface area contributed by atoms with Gasteiger partial charge in [0.2, 0.25) is 5.89 Å². The van der Waals surface area contributed by atoms with Crippen LogP contribution in [0.2, 0.25) is 0 Å². The quantitative estimate of drug-likeness (QED) is 0.856. The van der Waals surface area contributed by atoms with Gasteiger partial charge in [-0.1, -0.05) is 11.6 Å². The van der Waals surface area contributed by atoms with E-state index in [2.05, 4.69) is 15.0 Å². The van der Waals surface area contributed by atoms with Crippen LogP contribution in [0.15, 0.2) is 4.52 Å². The van der Waals surface area contributed by atoms with E-state index in [9.17, 15) is 0 Å². The maximum Gasteiger partial charge on any atom is 0.229 e. The van der Waals surface area contributed by atoms with Crippen LogP contribution in [-0.4, -0.2) is 34.2 Å². The summed E-state index contributed by atoms with van der Waals surface area (Å²) in [6.07, 6.45) is 7.08. The van der Waals surface area contributed by atoms with Gasteiger partial charge in [-0.15, -0.1) is 0 Å². The van der Waals surface area contributed by atoms with Gasteiger partial charge in [-0.25, -0.2) is 0 Å². The molecule has 0 amide bonds. The summed E-state index contributed by atoms with van der Waals surface area (Å²) in [5.74, 6) is 2.07. The summed E-state index contributed by atoms with van der Waals surface area (Å²) in [6, 6.07) is 0.413. The molecule has 2 saturated heterocycles. The molecule has 2 atom stereocenters. The van der Waals surface area contributed by atoms with Crippen LogP contribution >= 0.6 is 0 Å². The molecule has 1 saturated carbocycles. The normalized spacial score (nSPS) is 36.8. The molecule has 1 aliphatic carbocycles. The highest BCUT2D eigenvalue weighted by Gasteiger charge is 2.49. The zero-order valence-electron chi connectivity index (χ0n) is 10.6. The van der Waals surface area contributed by atoms with Crippen molar-refractivity contribution in [3.63, 3.8) is 0 Å². The minimum Gasteiger partial charge on any atom is -0.339 e. The molecule has 1 aromatic heterocycles. The van der Waals surface area contributed by atoms with E-state index in [1.54, 1.807) is 0 Å². The van der Waals surface area contributed by atoms with Gasteiger partial charge < -0.3 is 10.3 Å². The topological polar surface area (TPSA) is 68.2 Å². The van der Waals surface area contributed by atoms with Gasteiger partial charge in [0.05, 0.1) is 5.54 Å². The highest BCUT2D eigenvalue weighted by molar-refractivity contribution is 5.16. The summed E-state index contributed by atoms with van der Waals surface area (Å²) in [7, 11) is 0. The van der Waals surface area contributed by atoms with E-state index in [1.807, 2.05) is 0 Å². The maximum atomic E-state index is 6.64. The molecule has 0 spiro atoms. The standard InChI is InChI=1S/C13H20N4O/c14-13(6-8-17-7-2-1-3-10(13)17)12-15-11(18-16-12)9-4-5-9/h9-10H,1-8,14H2. The lowest BCUT2D eigenvalue weighted by atomic mass is 9.86. The molecule has 18 heavy (non-hydrogen) atoms. The molecule has 5 nitrogen and oxygen atoms in total. The minimum atomic E-state index is -0.378. The Morgan fingerprint density at radius 3 is 2.94 bits per heavy atom. The SMILES string of the molecule is NC1(c2noc(C3CC3)n2)CCN2CCCCC21. The Balaban J connectivity index is 1.64. The Hall–Kier alpha value is -0.940. The number of hydrogen-bond acceptors (Lipinski definition) is 5. The lowest BCUT2D eigenvalue weighted by Gasteiger charge is -2.36. The Kier molecular flexibility index (Phi) is 2.29. The zero-order chi connectivity index (χ0) is 12.2. The molecule has 0 bridgehead atoms. The van der Waals surface area contributed by atoms with Crippen molar-refractivity contribution in [2.24, 2.45) is 5.73 Å². The number of aromatic nitrogens is 2. The number of nitrogens with zero attached hydrogens (tertiary/aromatic N) is 3. The monoisotopic (exact) mass is 248 g/mol. The Morgan fingerprint density at radius 2 is 2.11 bits per heavy atom. The second-order valence-electron chi connectivity index (χ2n) is 6.07. The van der Waals surface area contributed by atoms with E-state index >= 15 is 0 Å². The van der Waals surface area contributed by atoms with E-state index in [4.69, 9.17) is 10.3 Å². The van der Waals surface area contributed by atoms with Gasteiger partial charge in [-0.3, -0.25) is 4.90 Å². The van der Waals surface area contributed by atoms with Crippen LogP contribution in [0.4, 0.5) is 0 Å². The lowest BCUT2D eigenvalue weighted by Crippen LogP contribution is -2.51. The fraction of sp³-hybridized carbons (Fsp3) is 0.846. The van der Waals surface area contributed by atoms with E-state index < -0.39 is 0 Å². The van der Waals surface area contributed by atoms with Crippen molar-refractivity contribution in [1.29, 1.82) is 0 Å². The number of hydrogen-bond donors (Lipinski definition) is 1. The number of fused-ring (bicyclic) bond motifs is 1. The molecule has 2 aliphatic heterocycles. The molecule has 4 rings (SSSR count). The molecular weight excluding hydrogens is 228 g/mol. The minimum absolute atomic E-state index is 0.378.